The predicted octanol–water partition coefficient (Wildman–Crippen LogP) is 1.60. The van der Waals surface area contributed by atoms with Crippen LogP contribution in [0.1, 0.15) is 20.8 Å². The number of sulfonamides is 1. The second-order valence-electron chi connectivity index (χ2n) is 4.29. The Hall–Kier alpha value is -1.67. The number of nitrogens with two attached hydrogens (primary N) is 1. The zero-order chi connectivity index (χ0) is 14.8. The minimum Gasteiger partial charge on any atom is -0.399 e. The molecule has 1 rings (SSSR count). The number of nitro benzene ring substituents is 1. The molecule has 1 aromatic rings. The van der Waals surface area contributed by atoms with Gasteiger partial charge in [-0.25, -0.2) is 8.42 Å². The van der Waals surface area contributed by atoms with Crippen molar-refractivity contribution >= 4 is 21.4 Å². The molecule has 0 spiro atoms. The van der Waals surface area contributed by atoms with E-state index in [-0.39, 0.29) is 23.2 Å². The topological polar surface area (TPSA) is 107 Å². The molecule has 0 aromatic heterocycles. The van der Waals surface area contributed by atoms with Gasteiger partial charge in [-0.2, -0.15) is 4.31 Å². The van der Waals surface area contributed by atoms with Crippen molar-refractivity contribution in [2.45, 2.75) is 31.7 Å². The fourth-order valence-electron chi connectivity index (χ4n) is 1.83. The summed E-state index contributed by atoms with van der Waals surface area (Å²) < 4.78 is 26.0. The third-order valence-electron chi connectivity index (χ3n) is 2.65. The van der Waals surface area contributed by atoms with Gasteiger partial charge in [0.2, 0.25) is 10.0 Å². The third-order valence-corrected chi connectivity index (χ3v) is 4.85. The molecule has 106 valence electrons. The van der Waals surface area contributed by atoms with Crippen LogP contribution in [0.15, 0.2) is 23.1 Å². The van der Waals surface area contributed by atoms with Gasteiger partial charge in [-0.15, -0.1) is 0 Å². The summed E-state index contributed by atoms with van der Waals surface area (Å²) in [5, 5.41) is 11.0. The summed E-state index contributed by atoms with van der Waals surface area (Å²) in [5.74, 6) is 0. The summed E-state index contributed by atoms with van der Waals surface area (Å²) >= 11 is 0. The maximum absolute atomic E-state index is 12.4. The Labute approximate surface area is 112 Å². The van der Waals surface area contributed by atoms with Gasteiger partial charge in [-0.1, -0.05) is 6.92 Å². The number of hydrogen-bond acceptors (Lipinski definition) is 5. The minimum absolute atomic E-state index is 0.151. The van der Waals surface area contributed by atoms with Crippen LogP contribution in [-0.2, 0) is 10.0 Å². The first-order valence-corrected chi connectivity index (χ1v) is 7.21. The van der Waals surface area contributed by atoms with Crippen molar-refractivity contribution in [3.05, 3.63) is 28.3 Å². The summed E-state index contributed by atoms with van der Waals surface area (Å²) in [4.78, 5) is 9.90. The first-order valence-electron chi connectivity index (χ1n) is 5.77. The van der Waals surface area contributed by atoms with Crippen LogP contribution in [0, 0.1) is 10.1 Å². The van der Waals surface area contributed by atoms with Crippen molar-refractivity contribution in [2.24, 2.45) is 0 Å². The molecule has 0 bridgehead atoms. The molecule has 0 atom stereocenters. The molecule has 7 nitrogen and oxygen atoms in total. The van der Waals surface area contributed by atoms with Gasteiger partial charge >= 0.3 is 0 Å². The smallest absolute Gasteiger partial charge is 0.291 e. The van der Waals surface area contributed by atoms with Crippen LogP contribution in [0.4, 0.5) is 11.4 Å². The summed E-state index contributed by atoms with van der Waals surface area (Å²) in [7, 11) is -3.91. The highest BCUT2D eigenvalue weighted by Gasteiger charge is 2.32. The zero-order valence-corrected chi connectivity index (χ0v) is 11.8. The largest absolute Gasteiger partial charge is 0.399 e. The Morgan fingerprint density at radius 1 is 1.42 bits per heavy atom. The van der Waals surface area contributed by atoms with Crippen LogP contribution in [0.2, 0.25) is 0 Å². The molecule has 0 unspecified atom stereocenters. The first kappa shape index (κ1) is 15.4. The monoisotopic (exact) mass is 287 g/mol. The number of nitrogen functional groups attached to an aromatic ring is 1. The van der Waals surface area contributed by atoms with Gasteiger partial charge in [0.25, 0.3) is 5.69 Å². The average Bonchev–Trinajstić information content (AvgIpc) is 2.28. The molecule has 0 aliphatic carbocycles. The van der Waals surface area contributed by atoms with Gasteiger partial charge in [0.05, 0.1) is 4.92 Å². The molecular formula is C11H17N3O4S. The van der Waals surface area contributed by atoms with E-state index in [2.05, 4.69) is 0 Å². The number of rotatable bonds is 5. The molecule has 0 amide bonds. The van der Waals surface area contributed by atoms with Gasteiger partial charge in [0, 0.05) is 24.3 Å². The van der Waals surface area contributed by atoms with Crippen molar-refractivity contribution in [3.63, 3.8) is 0 Å². The number of nitro groups is 1. The Kier molecular flexibility index (Phi) is 4.48. The van der Waals surface area contributed by atoms with Crippen molar-refractivity contribution in [3.8, 4) is 0 Å². The maximum Gasteiger partial charge on any atom is 0.291 e. The quantitative estimate of drug-likeness (QED) is 0.503. The molecule has 0 aliphatic heterocycles. The number of anilines is 1. The Morgan fingerprint density at radius 2 is 2.00 bits per heavy atom. The highest BCUT2D eigenvalue weighted by molar-refractivity contribution is 7.89. The standard InChI is InChI=1S/C11H17N3O4S/c1-4-13(8(2)3)19(17,18)11-6-5-9(12)7-10(11)14(15)16/h5-8H,4,12H2,1-3H3. The van der Waals surface area contributed by atoms with E-state index in [0.717, 1.165) is 6.07 Å². The summed E-state index contributed by atoms with van der Waals surface area (Å²) in [6.45, 7) is 5.34. The lowest BCUT2D eigenvalue weighted by atomic mass is 10.3. The van der Waals surface area contributed by atoms with E-state index in [1.165, 1.54) is 16.4 Å². The second-order valence-corrected chi connectivity index (χ2v) is 6.15. The van der Waals surface area contributed by atoms with E-state index in [9.17, 15) is 18.5 Å². The number of hydrogen-bond donors (Lipinski definition) is 1. The van der Waals surface area contributed by atoms with Crippen molar-refractivity contribution in [2.75, 3.05) is 12.3 Å². The molecule has 19 heavy (non-hydrogen) atoms. The SMILES string of the molecule is CCN(C(C)C)S(=O)(=O)c1ccc(N)cc1[N+](=O)[O-]. The Morgan fingerprint density at radius 3 is 2.42 bits per heavy atom. The number of nitrogens with zero attached hydrogens (tertiary/aromatic N) is 2. The molecule has 0 saturated heterocycles. The van der Waals surface area contributed by atoms with Crippen LogP contribution in [0.5, 0.6) is 0 Å². The van der Waals surface area contributed by atoms with E-state index in [1.807, 2.05) is 0 Å². The lowest BCUT2D eigenvalue weighted by Crippen LogP contribution is -2.36. The molecule has 0 radical (unpaired) electrons. The minimum atomic E-state index is -3.91. The predicted molar refractivity (Wildman–Crippen MR) is 72.2 cm³/mol. The average molecular weight is 287 g/mol. The summed E-state index contributed by atoms with van der Waals surface area (Å²) in [6.07, 6.45) is 0. The second kappa shape index (κ2) is 5.54. The maximum atomic E-state index is 12.4. The zero-order valence-electron chi connectivity index (χ0n) is 11.0. The van der Waals surface area contributed by atoms with E-state index in [4.69, 9.17) is 5.73 Å². The van der Waals surface area contributed by atoms with Gasteiger partial charge in [-0.3, -0.25) is 10.1 Å². The van der Waals surface area contributed by atoms with Crippen LogP contribution in [0.25, 0.3) is 0 Å². The van der Waals surface area contributed by atoms with Gasteiger partial charge < -0.3 is 5.73 Å². The van der Waals surface area contributed by atoms with Gasteiger partial charge in [-0.05, 0) is 26.0 Å². The van der Waals surface area contributed by atoms with Gasteiger partial charge in [0.15, 0.2) is 4.90 Å². The van der Waals surface area contributed by atoms with E-state index in [1.54, 1.807) is 20.8 Å². The molecule has 2 N–H and O–H groups in total. The molecular weight excluding hydrogens is 270 g/mol. The number of benzene rings is 1. The van der Waals surface area contributed by atoms with Crippen molar-refractivity contribution in [1.29, 1.82) is 0 Å². The van der Waals surface area contributed by atoms with Crippen LogP contribution in [-0.4, -0.2) is 30.2 Å². The summed E-state index contributed by atoms with van der Waals surface area (Å²) in [6, 6.07) is 3.29. The van der Waals surface area contributed by atoms with Crippen molar-refractivity contribution in [1.82, 2.24) is 4.31 Å². The fraction of sp³-hybridized carbons (Fsp3) is 0.455. The van der Waals surface area contributed by atoms with E-state index < -0.39 is 20.6 Å². The van der Waals surface area contributed by atoms with Crippen LogP contribution in [0.3, 0.4) is 0 Å². The third kappa shape index (κ3) is 3.02. The molecule has 0 saturated carbocycles. The normalized spacial score (nSPS) is 12.1. The van der Waals surface area contributed by atoms with Crippen LogP contribution >= 0.6 is 0 Å². The fourth-order valence-corrected chi connectivity index (χ4v) is 3.62. The highest BCUT2D eigenvalue weighted by Crippen LogP contribution is 2.29. The van der Waals surface area contributed by atoms with Gasteiger partial charge in [0.1, 0.15) is 0 Å². The van der Waals surface area contributed by atoms with Crippen molar-refractivity contribution < 1.29 is 13.3 Å². The Bertz CT molecular complexity index is 584. The molecule has 0 aliphatic rings. The lowest BCUT2D eigenvalue weighted by Gasteiger charge is -2.24. The highest BCUT2D eigenvalue weighted by atomic mass is 32.2. The van der Waals surface area contributed by atoms with E-state index in [0.29, 0.717) is 0 Å². The Balaban J connectivity index is 3.48. The van der Waals surface area contributed by atoms with Crippen LogP contribution < -0.4 is 5.73 Å². The molecule has 0 heterocycles. The van der Waals surface area contributed by atoms with E-state index >= 15 is 0 Å². The molecule has 8 heteroatoms. The first-order chi connectivity index (χ1) is 8.71. The lowest BCUT2D eigenvalue weighted by molar-refractivity contribution is -0.387. The molecule has 1 aromatic carbocycles. The summed E-state index contributed by atoms with van der Waals surface area (Å²) in [5.41, 5.74) is 5.11. The molecule has 0 fully saturated rings.